The summed E-state index contributed by atoms with van der Waals surface area (Å²) < 4.78 is 0. The average molecular weight is 141 g/mol. The molecule has 1 saturated heterocycles. The van der Waals surface area contributed by atoms with Crippen LogP contribution in [0, 0.1) is 0 Å². The van der Waals surface area contributed by atoms with Crippen LogP contribution < -0.4 is 5.32 Å². The number of rotatable bonds is 1. The fraction of sp³-hybridized carbons (Fsp3) is 1.00. The second kappa shape index (κ2) is 3.97. The third kappa shape index (κ3) is 2.30. The highest BCUT2D eigenvalue weighted by Crippen LogP contribution is 2.13. The normalized spacial score (nSPS) is 35.4. The Kier molecular flexibility index (Phi) is 3.20. The first-order valence-corrected chi connectivity index (χ1v) is 4.59. The molecule has 1 N–H and O–H groups in total. The topological polar surface area (TPSA) is 12.0 Å². The fourth-order valence-electron chi connectivity index (χ4n) is 1.73. The second-order valence-electron chi connectivity index (χ2n) is 3.46. The summed E-state index contributed by atoms with van der Waals surface area (Å²) >= 11 is 0. The summed E-state index contributed by atoms with van der Waals surface area (Å²) in [7, 11) is 0. The fourth-order valence-corrected chi connectivity index (χ4v) is 1.73. The maximum Gasteiger partial charge on any atom is 0.00669 e. The van der Waals surface area contributed by atoms with Gasteiger partial charge in [0.15, 0.2) is 0 Å². The molecule has 1 fully saturated rings. The van der Waals surface area contributed by atoms with E-state index in [0.29, 0.717) is 0 Å². The van der Waals surface area contributed by atoms with Gasteiger partial charge in [0.2, 0.25) is 0 Å². The zero-order chi connectivity index (χ0) is 7.40. The summed E-state index contributed by atoms with van der Waals surface area (Å²) in [5.74, 6) is 0. The van der Waals surface area contributed by atoms with Gasteiger partial charge in [0, 0.05) is 12.1 Å². The molecule has 0 saturated carbocycles. The van der Waals surface area contributed by atoms with E-state index in [2.05, 4.69) is 19.2 Å². The van der Waals surface area contributed by atoms with Crippen molar-refractivity contribution in [2.24, 2.45) is 0 Å². The van der Waals surface area contributed by atoms with Crippen molar-refractivity contribution in [1.82, 2.24) is 5.32 Å². The Morgan fingerprint density at radius 1 is 1.30 bits per heavy atom. The molecule has 0 bridgehead atoms. The molecule has 2 atom stereocenters. The molecule has 1 heteroatoms. The molecule has 10 heavy (non-hydrogen) atoms. The summed E-state index contributed by atoms with van der Waals surface area (Å²) in [5, 5.41) is 3.63. The highest BCUT2D eigenvalue weighted by molar-refractivity contribution is 4.74. The first kappa shape index (κ1) is 8.06. The largest absolute Gasteiger partial charge is 0.312 e. The molecule has 0 aromatic carbocycles. The van der Waals surface area contributed by atoms with E-state index in [1.165, 1.54) is 32.1 Å². The van der Waals surface area contributed by atoms with E-state index < -0.39 is 0 Å². The van der Waals surface area contributed by atoms with Crippen molar-refractivity contribution in [3.8, 4) is 0 Å². The van der Waals surface area contributed by atoms with Crippen molar-refractivity contribution in [1.29, 1.82) is 0 Å². The van der Waals surface area contributed by atoms with Gasteiger partial charge in [-0.05, 0) is 26.2 Å². The molecule has 0 spiro atoms. The highest BCUT2D eigenvalue weighted by atomic mass is 14.9. The summed E-state index contributed by atoms with van der Waals surface area (Å²) in [6.45, 7) is 4.57. The molecule has 1 rings (SSSR count). The van der Waals surface area contributed by atoms with E-state index in [0.717, 1.165) is 12.1 Å². The van der Waals surface area contributed by atoms with Gasteiger partial charge in [-0.3, -0.25) is 0 Å². The quantitative estimate of drug-likeness (QED) is 0.591. The van der Waals surface area contributed by atoms with Gasteiger partial charge in [0.25, 0.3) is 0 Å². The van der Waals surface area contributed by atoms with Gasteiger partial charge in [-0.2, -0.15) is 0 Å². The van der Waals surface area contributed by atoms with Crippen LogP contribution in [0.5, 0.6) is 0 Å². The lowest BCUT2D eigenvalue weighted by atomic mass is 10.1. The lowest BCUT2D eigenvalue weighted by molar-refractivity contribution is 0.439. The van der Waals surface area contributed by atoms with Gasteiger partial charge in [0.05, 0.1) is 0 Å². The lowest BCUT2D eigenvalue weighted by Gasteiger charge is -2.17. The summed E-state index contributed by atoms with van der Waals surface area (Å²) in [4.78, 5) is 0. The predicted molar refractivity (Wildman–Crippen MR) is 45.1 cm³/mol. The molecule has 1 aliphatic rings. The van der Waals surface area contributed by atoms with Crippen LogP contribution in [0.25, 0.3) is 0 Å². The van der Waals surface area contributed by atoms with Gasteiger partial charge in [-0.1, -0.05) is 19.8 Å². The summed E-state index contributed by atoms with van der Waals surface area (Å²) in [6, 6.07) is 1.56. The third-order valence-electron chi connectivity index (χ3n) is 2.45. The van der Waals surface area contributed by atoms with Crippen LogP contribution in [0.4, 0.5) is 0 Å². The Hall–Kier alpha value is -0.0400. The van der Waals surface area contributed by atoms with Crippen LogP contribution in [0.15, 0.2) is 0 Å². The van der Waals surface area contributed by atoms with Crippen molar-refractivity contribution in [2.45, 2.75) is 58.0 Å². The monoisotopic (exact) mass is 141 g/mol. The van der Waals surface area contributed by atoms with Crippen LogP contribution >= 0.6 is 0 Å². The van der Waals surface area contributed by atoms with E-state index in [9.17, 15) is 0 Å². The van der Waals surface area contributed by atoms with E-state index in [4.69, 9.17) is 0 Å². The van der Waals surface area contributed by atoms with Gasteiger partial charge in [0.1, 0.15) is 0 Å². The molecule has 0 aliphatic carbocycles. The molecule has 0 amide bonds. The summed E-state index contributed by atoms with van der Waals surface area (Å²) in [6.07, 6.45) is 6.90. The molecular weight excluding hydrogens is 122 g/mol. The Balaban J connectivity index is 2.30. The van der Waals surface area contributed by atoms with Crippen LogP contribution in [0.3, 0.4) is 0 Å². The van der Waals surface area contributed by atoms with Gasteiger partial charge in [-0.15, -0.1) is 0 Å². The van der Waals surface area contributed by atoms with Crippen LogP contribution in [-0.4, -0.2) is 12.1 Å². The average Bonchev–Trinajstić information content (AvgIpc) is 2.13. The Labute approximate surface area is 64.2 Å². The Morgan fingerprint density at radius 3 is 2.70 bits per heavy atom. The number of hydrogen-bond donors (Lipinski definition) is 1. The van der Waals surface area contributed by atoms with Gasteiger partial charge in [-0.25, -0.2) is 0 Å². The van der Waals surface area contributed by atoms with Crippen molar-refractivity contribution < 1.29 is 0 Å². The van der Waals surface area contributed by atoms with E-state index in [-0.39, 0.29) is 0 Å². The van der Waals surface area contributed by atoms with E-state index in [1.807, 2.05) is 0 Å². The Morgan fingerprint density at radius 2 is 2.00 bits per heavy atom. The maximum absolute atomic E-state index is 3.63. The van der Waals surface area contributed by atoms with E-state index in [1.54, 1.807) is 0 Å². The molecule has 0 aromatic heterocycles. The van der Waals surface area contributed by atoms with Crippen molar-refractivity contribution in [2.75, 3.05) is 0 Å². The zero-order valence-electron chi connectivity index (χ0n) is 7.19. The van der Waals surface area contributed by atoms with Crippen LogP contribution in [0.1, 0.15) is 46.0 Å². The number of hydrogen-bond acceptors (Lipinski definition) is 1. The first-order chi connectivity index (χ1) is 4.83. The van der Waals surface area contributed by atoms with Gasteiger partial charge < -0.3 is 5.32 Å². The van der Waals surface area contributed by atoms with Crippen LogP contribution in [0.2, 0.25) is 0 Å². The smallest absolute Gasteiger partial charge is 0.00669 e. The van der Waals surface area contributed by atoms with Gasteiger partial charge >= 0.3 is 0 Å². The van der Waals surface area contributed by atoms with Crippen molar-refractivity contribution in [3.63, 3.8) is 0 Å². The molecule has 1 aliphatic heterocycles. The Bertz CT molecular complexity index is 90.7. The first-order valence-electron chi connectivity index (χ1n) is 4.59. The standard InChI is InChI=1S/C9H19N/c1-3-9-7-5-4-6-8(2)10-9/h8-10H,3-7H2,1-2H3/t8-,9-/m1/s1. The third-order valence-corrected chi connectivity index (χ3v) is 2.45. The zero-order valence-corrected chi connectivity index (χ0v) is 7.19. The molecule has 1 heterocycles. The molecule has 60 valence electrons. The van der Waals surface area contributed by atoms with Crippen LogP contribution in [-0.2, 0) is 0 Å². The molecular formula is C9H19N. The molecule has 0 unspecified atom stereocenters. The summed E-state index contributed by atoms with van der Waals surface area (Å²) in [5.41, 5.74) is 0. The predicted octanol–water partition coefficient (Wildman–Crippen LogP) is 2.32. The highest BCUT2D eigenvalue weighted by Gasteiger charge is 2.13. The lowest BCUT2D eigenvalue weighted by Crippen LogP contribution is -2.33. The van der Waals surface area contributed by atoms with E-state index >= 15 is 0 Å². The minimum atomic E-state index is 0.757. The molecule has 1 nitrogen and oxygen atoms in total. The maximum atomic E-state index is 3.63. The minimum Gasteiger partial charge on any atom is -0.312 e. The number of nitrogens with one attached hydrogen (secondary N) is 1. The van der Waals surface area contributed by atoms with Crippen molar-refractivity contribution >= 4 is 0 Å². The minimum absolute atomic E-state index is 0.757. The SMILES string of the molecule is CC[C@@H]1CCCC[C@@H](C)N1. The van der Waals surface area contributed by atoms with Crippen molar-refractivity contribution in [3.05, 3.63) is 0 Å². The molecule has 0 aromatic rings. The second-order valence-corrected chi connectivity index (χ2v) is 3.46. The molecule has 0 radical (unpaired) electrons.